The summed E-state index contributed by atoms with van der Waals surface area (Å²) in [7, 11) is 1.64. The van der Waals surface area contributed by atoms with Gasteiger partial charge in [0.25, 0.3) is 5.19 Å². The van der Waals surface area contributed by atoms with Crippen molar-refractivity contribution in [3.8, 4) is 15.8 Å². The highest BCUT2D eigenvalue weighted by Gasteiger charge is 2.07. The summed E-state index contributed by atoms with van der Waals surface area (Å²) < 4.78 is 5.04. The van der Waals surface area contributed by atoms with Gasteiger partial charge in [-0.3, -0.25) is 0 Å². The summed E-state index contributed by atoms with van der Waals surface area (Å²) in [6, 6.07) is 2.10. The molecule has 2 aromatic heterocycles. The fraction of sp³-hybridized carbons (Fsp3) is 0.222. The molecule has 0 radical (unpaired) electrons. The van der Waals surface area contributed by atoms with Crippen LogP contribution in [0.25, 0.3) is 10.6 Å². The third-order valence-electron chi connectivity index (χ3n) is 1.75. The number of rotatable bonds is 2. The van der Waals surface area contributed by atoms with Gasteiger partial charge in [-0.2, -0.15) is 0 Å². The summed E-state index contributed by atoms with van der Waals surface area (Å²) in [5.41, 5.74) is 2.30. The van der Waals surface area contributed by atoms with Gasteiger partial charge in [-0.15, -0.1) is 11.3 Å². The van der Waals surface area contributed by atoms with E-state index < -0.39 is 0 Å². The lowest BCUT2D eigenvalue weighted by Gasteiger charge is -1.92. The van der Waals surface area contributed by atoms with Gasteiger partial charge in [0, 0.05) is 5.38 Å². The molecule has 0 atom stereocenters. The maximum absolute atomic E-state index is 5.04. The fourth-order valence-electron chi connectivity index (χ4n) is 1.09. The van der Waals surface area contributed by atoms with Gasteiger partial charge in [-0.25, -0.2) is 4.98 Å². The Morgan fingerprint density at radius 3 is 2.77 bits per heavy atom. The first-order chi connectivity index (χ1) is 6.31. The van der Waals surface area contributed by atoms with E-state index in [9.17, 15) is 0 Å². The minimum Gasteiger partial charge on any atom is -0.473 e. The Hall–Kier alpha value is -0.870. The van der Waals surface area contributed by atoms with E-state index in [1.54, 1.807) is 18.4 Å². The number of hydrogen-bond donors (Lipinski definition) is 0. The maximum Gasteiger partial charge on any atom is 0.273 e. The van der Waals surface area contributed by atoms with Gasteiger partial charge in [0.1, 0.15) is 0 Å². The standard InChI is InChI=1S/C9H9NOS2/c1-6-3-4-12-8(6)7-5-13-9(10-7)11-2/h3-5H,1-2H3. The largest absolute Gasteiger partial charge is 0.473 e. The third kappa shape index (κ3) is 1.59. The SMILES string of the molecule is COc1nc(-c2sccc2C)cs1. The van der Waals surface area contributed by atoms with Crippen LogP contribution in [0.3, 0.4) is 0 Å². The lowest BCUT2D eigenvalue weighted by atomic mass is 10.2. The second-order valence-corrected chi connectivity index (χ2v) is 4.37. The van der Waals surface area contributed by atoms with Gasteiger partial charge >= 0.3 is 0 Å². The van der Waals surface area contributed by atoms with Gasteiger partial charge in [0.05, 0.1) is 17.7 Å². The van der Waals surface area contributed by atoms with E-state index in [-0.39, 0.29) is 0 Å². The van der Waals surface area contributed by atoms with Crippen LogP contribution in [0.2, 0.25) is 0 Å². The zero-order valence-electron chi connectivity index (χ0n) is 7.40. The quantitative estimate of drug-likeness (QED) is 0.761. The van der Waals surface area contributed by atoms with Gasteiger partial charge < -0.3 is 4.74 Å². The first kappa shape index (κ1) is 8.72. The molecule has 4 heteroatoms. The number of aromatic nitrogens is 1. The summed E-state index contributed by atoms with van der Waals surface area (Å²) in [5, 5.41) is 4.83. The van der Waals surface area contributed by atoms with Crippen molar-refractivity contribution in [1.82, 2.24) is 4.98 Å². The molecule has 13 heavy (non-hydrogen) atoms. The van der Waals surface area contributed by atoms with Crippen LogP contribution in [0.5, 0.6) is 5.19 Å². The van der Waals surface area contributed by atoms with Crippen LogP contribution in [0, 0.1) is 6.92 Å². The number of thiazole rings is 1. The van der Waals surface area contributed by atoms with Crippen LogP contribution >= 0.6 is 22.7 Å². The summed E-state index contributed by atoms with van der Waals surface area (Å²) in [4.78, 5) is 5.57. The minimum absolute atomic E-state index is 0.725. The summed E-state index contributed by atoms with van der Waals surface area (Å²) >= 11 is 3.24. The topological polar surface area (TPSA) is 22.1 Å². The lowest BCUT2D eigenvalue weighted by molar-refractivity contribution is 0.412. The zero-order chi connectivity index (χ0) is 9.26. The van der Waals surface area contributed by atoms with E-state index in [4.69, 9.17) is 4.74 Å². The van der Waals surface area contributed by atoms with Crippen LogP contribution in [-0.4, -0.2) is 12.1 Å². The Labute approximate surface area is 84.8 Å². The molecule has 0 amide bonds. The average Bonchev–Trinajstić information content (AvgIpc) is 2.71. The van der Waals surface area contributed by atoms with Crippen molar-refractivity contribution in [3.63, 3.8) is 0 Å². The third-order valence-corrected chi connectivity index (χ3v) is 3.59. The molecule has 0 aliphatic rings. The molecular formula is C9H9NOS2. The van der Waals surface area contributed by atoms with Gasteiger partial charge in [-0.1, -0.05) is 11.3 Å². The molecule has 2 rings (SSSR count). The van der Waals surface area contributed by atoms with Gasteiger partial charge in [0.15, 0.2) is 0 Å². The van der Waals surface area contributed by atoms with Crippen molar-refractivity contribution in [2.45, 2.75) is 6.92 Å². The molecule has 0 saturated carbocycles. The van der Waals surface area contributed by atoms with Crippen LogP contribution in [0.1, 0.15) is 5.56 Å². The zero-order valence-corrected chi connectivity index (χ0v) is 9.04. The molecule has 0 aromatic carbocycles. The van der Waals surface area contributed by atoms with Crippen molar-refractivity contribution in [1.29, 1.82) is 0 Å². The molecule has 0 fully saturated rings. The fourth-order valence-corrected chi connectivity index (χ4v) is 2.68. The van der Waals surface area contributed by atoms with Crippen LogP contribution in [0.15, 0.2) is 16.8 Å². The molecular weight excluding hydrogens is 202 g/mol. The Morgan fingerprint density at radius 1 is 1.38 bits per heavy atom. The maximum atomic E-state index is 5.04. The van der Waals surface area contributed by atoms with E-state index in [1.165, 1.54) is 21.8 Å². The second-order valence-electron chi connectivity index (χ2n) is 2.64. The number of hydrogen-bond acceptors (Lipinski definition) is 4. The molecule has 0 aliphatic heterocycles. The highest BCUT2D eigenvalue weighted by Crippen LogP contribution is 2.31. The van der Waals surface area contributed by atoms with E-state index in [0.717, 1.165) is 10.9 Å². The molecule has 2 heterocycles. The van der Waals surface area contributed by atoms with E-state index in [1.807, 2.05) is 5.38 Å². The van der Waals surface area contributed by atoms with Crippen molar-refractivity contribution in [3.05, 3.63) is 22.4 Å². The molecule has 2 aromatic rings. The molecule has 0 N–H and O–H groups in total. The predicted octanol–water partition coefficient (Wildman–Crippen LogP) is 3.19. The Balaban J connectivity index is 2.41. The van der Waals surface area contributed by atoms with Crippen LogP contribution in [-0.2, 0) is 0 Å². The second kappa shape index (κ2) is 3.47. The van der Waals surface area contributed by atoms with Crippen molar-refractivity contribution in [2.75, 3.05) is 7.11 Å². The Bertz CT molecular complexity index is 405. The van der Waals surface area contributed by atoms with Crippen molar-refractivity contribution < 1.29 is 4.74 Å². The molecule has 0 spiro atoms. The number of aryl methyl sites for hydroxylation is 1. The predicted molar refractivity (Wildman–Crippen MR) is 56.7 cm³/mol. The van der Waals surface area contributed by atoms with Crippen LogP contribution < -0.4 is 4.74 Å². The monoisotopic (exact) mass is 211 g/mol. The van der Waals surface area contributed by atoms with E-state index in [0.29, 0.717) is 0 Å². The number of thiophene rings is 1. The normalized spacial score (nSPS) is 10.3. The average molecular weight is 211 g/mol. The van der Waals surface area contributed by atoms with E-state index >= 15 is 0 Å². The Morgan fingerprint density at radius 2 is 2.23 bits per heavy atom. The number of nitrogens with zero attached hydrogens (tertiary/aromatic N) is 1. The van der Waals surface area contributed by atoms with Crippen molar-refractivity contribution >= 4 is 22.7 Å². The lowest BCUT2D eigenvalue weighted by Crippen LogP contribution is -1.80. The van der Waals surface area contributed by atoms with Gasteiger partial charge in [-0.05, 0) is 23.9 Å². The van der Waals surface area contributed by atoms with Gasteiger partial charge in [0.2, 0.25) is 0 Å². The molecule has 2 nitrogen and oxygen atoms in total. The summed E-state index contributed by atoms with van der Waals surface area (Å²) in [6.45, 7) is 2.09. The number of ether oxygens (including phenoxy) is 1. The Kier molecular flexibility index (Phi) is 2.33. The molecule has 68 valence electrons. The first-order valence-electron chi connectivity index (χ1n) is 3.85. The highest BCUT2D eigenvalue weighted by molar-refractivity contribution is 7.15. The highest BCUT2D eigenvalue weighted by atomic mass is 32.1. The smallest absolute Gasteiger partial charge is 0.273 e. The summed E-state index contributed by atoms with van der Waals surface area (Å²) in [5.74, 6) is 0. The molecule has 0 saturated heterocycles. The van der Waals surface area contributed by atoms with E-state index in [2.05, 4.69) is 23.4 Å². The first-order valence-corrected chi connectivity index (χ1v) is 5.61. The molecule has 0 bridgehead atoms. The molecule has 0 aliphatic carbocycles. The van der Waals surface area contributed by atoms with Crippen LogP contribution in [0.4, 0.5) is 0 Å². The van der Waals surface area contributed by atoms with Crippen molar-refractivity contribution in [2.24, 2.45) is 0 Å². The summed E-state index contributed by atoms with van der Waals surface area (Å²) in [6.07, 6.45) is 0. The molecule has 0 unspecified atom stereocenters. The minimum atomic E-state index is 0.725. The number of methoxy groups -OCH3 is 1.